The van der Waals surface area contributed by atoms with Crippen molar-refractivity contribution >= 4 is 39.1 Å². The van der Waals surface area contributed by atoms with Gasteiger partial charge in [-0.2, -0.15) is 0 Å². The minimum absolute atomic E-state index is 0.0891. The van der Waals surface area contributed by atoms with E-state index in [0.29, 0.717) is 32.6 Å². The number of hydrogen-bond acceptors (Lipinski definition) is 8. The van der Waals surface area contributed by atoms with E-state index in [9.17, 15) is 19.5 Å². The van der Waals surface area contributed by atoms with E-state index < -0.39 is 22.8 Å². The minimum Gasteiger partial charge on any atom is -0.480 e. The Morgan fingerprint density at radius 2 is 1.92 bits per heavy atom. The average Bonchev–Trinajstić information content (AvgIpc) is 3.54. The molecule has 0 saturated carbocycles. The quantitative estimate of drug-likeness (QED) is 0.351. The van der Waals surface area contributed by atoms with Gasteiger partial charge in [-0.15, -0.1) is 11.3 Å². The molecular weight excluding hydrogens is 546 g/mol. The first-order valence-corrected chi connectivity index (χ1v) is 13.6. The van der Waals surface area contributed by atoms with E-state index in [0.717, 1.165) is 36.2 Å². The summed E-state index contributed by atoms with van der Waals surface area (Å²) in [6, 6.07) is 7.29. The zero-order valence-electron chi connectivity index (χ0n) is 21.8. The van der Waals surface area contributed by atoms with E-state index in [1.165, 1.54) is 42.2 Å². The molecule has 208 valence electrons. The highest BCUT2D eigenvalue weighted by atomic mass is 35.5. The lowest BCUT2D eigenvalue weighted by atomic mass is 10.1. The minimum atomic E-state index is -1.74. The zero-order chi connectivity index (χ0) is 28.3. The fourth-order valence-corrected chi connectivity index (χ4v) is 5.78. The molecule has 0 bridgehead atoms. The second kappa shape index (κ2) is 11.9. The van der Waals surface area contributed by atoms with Crippen LogP contribution in [-0.2, 0) is 28.0 Å². The molecule has 0 atom stereocenters. The van der Waals surface area contributed by atoms with Gasteiger partial charge in [-0.25, -0.2) is 19.1 Å². The van der Waals surface area contributed by atoms with Crippen LogP contribution in [0.15, 0.2) is 50.7 Å². The van der Waals surface area contributed by atoms with Crippen LogP contribution in [0.5, 0.6) is 0 Å². The second-order valence-corrected chi connectivity index (χ2v) is 11.1. The summed E-state index contributed by atoms with van der Waals surface area (Å²) in [5.41, 5.74) is -1.67. The van der Waals surface area contributed by atoms with Crippen molar-refractivity contribution < 1.29 is 24.2 Å². The maximum absolute atomic E-state index is 13.5. The Morgan fingerprint density at radius 3 is 2.49 bits per heavy atom. The highest BCUT2D eigenvalue weighted by Crippen LogP contribution is 2.35. The Labute approximate surface area is 233 Å². The first-order valence-electron chi connectivity index (χ1n) is 12.5. The number of carboxylic acids is 1. The largest absolute Gasteiger partial charge is 0.480 e. The third kappa shape index (κ3) is 5.86. The third-order valence-electron chi connectivity index (χ3n) is 6.67. The van der Waals surface area contributed by atoms with Crippen LogP contribution in [0.1, 0.15) is 37.8 Å². The molecule has 0 spiro atoms. The fraction of sp³-hybridized carbons (Fsp3) is 0.407. The number of carboxylic acid groups (broad SMARTS) is 1. The van der Waals surface area contributed by atoms with Crippen LogP contribution in [0.25, 0.3) is 21.0 Å². The third-order valence-corrected chi connectivity index (χ3v) is 8.35. The van der Waals surface area contributed by atoms with Crippen molar-refractivity contribution in [2.75, 3.05) is 13.2 Å². The predicted molar refractivity (Wildman–Crippen MR) is 149 cm³/mol. The number of rotatable bonds is 6. The summed E-state index contributed by atoms with van der Waals surface area (Å²) in [5, 5.41) is 19.4. The van der Waals surface area contributed by atoms with Crippen molar-refractivity contribution in [1.82, 2.24) is 14.1 Å². The molecule has 0 radical (unpaired) electrons. The summed E-state index contributed by atoms with van der Waals surface area (Å²) in [6.45, 7) is 6.08. The Balaban J connectivity index is 0.000000438. The van der Waals surface area contributed by atoms with Crippen LogP contribution >= 0.6 is 22.9 Å². The molecular formula is C27H30ClN3O7S. The number of hydrogen-bond donors (Lipinski definition) is 2. The van der Waals surface area contributed by atoms with Gasteiger partial charge in [-0.05, 0) is 57.2 Å². The van der Waals surface area contributed by atoms with E-state index in [4.69, 9.17) is 25.9 Å². The lowest BCUT2D eigenvalue weighted by molar-refractivity contribution is -0.146. The Hall–Kier alpha value is -3.25. The van der Waals surface area contributed by atoms with Crippen LogP contribution in [0.2, 0.25) is 5.02 Å². The second-order valence-electron chi connectivity index (χ2n) is 9.70. The molecule has 0 amide bonds. The number of ether oxygens (including phenoxy) is 1. The fourth-order valence-electron chi connectivity index (χ4n) is 4.29. The lowest BCUT2D eigenvalue weighted by Gasteiger charge is -2.23. The van der Waals surface area contributed by atoms with Crippen molar-refractivity contribution in [2.45, 2.75) is 58.2 Å². The van der Waals surface area contributed by atoms with Crippen LogP contribution in [0.3, 0.4) is 0 Å². The predicted octanol–water partition coefficient (Wildman–Crippen LogP) is 4.06. The average molecular weight is 576 g/mol. The van der Waals surface area contributed by atoms with Crippen LogP contribution in [0, 0.1) is 6.92 Å². The zero-order valence-corrected chi connectivity index (χ0v) is 23.4. The number of aliphatic hydroxyl groups is 1. The van der Waals surface area contributed by atoms with Crippen molar-refractivity contribution in [1.29, 1.82) is 0 Å². The monoisotopic (exact) mass is 575 g/mol. The molecule has 1 aromatic carbocycles. The summed E-state index contributed by atoms with van der Waals surface area (Å²) in [6.07, 6.45) is 4.89. The SMILES string of the molecule is Cc1c(-c2ncco2)sc2c1c(=O)n(C(C)(C)C(=O)O)c(=O)n2CCc1ccccc1Cl.OC1CCOCC1. The number of aryl methyl sites for hydroxylation is 3. The van der Waals surface area contributed by atoms with Gasteiger partial charge in [0.15, 0.2) is 0 Å². The molecule has 0 aliphatic carbocycles. The molecule has 0 unspecified atom stereocenters. The van der Waals surface area contributed by atoms with E-state index in [1.807, 2.05) is 18.2 Å². The number of carbonyl (C=O) groups is 1. The van der Waals surface area contributed by atoms with Crippen LogP contribution in [-0.4, -0.2) is 49.6 Å². The number of aliphatic hydroxyl groups excluding tert-OH is 1. The number of halogens is 1. The van der Waals surface area contributed by atoms with Crippen molar-refractivity contribution in [2.24, 2.45) is 0 Å². The Morgan fingerprint density at radius 1 is 1.23 bits per heavy atom. The molecule has 12 heteroatoms. The molecule has 4 heterocycles. The number of aliphatic carboxylic acids is 1. The first kappa shape index (κ1) is 28.8. The normalized spacial score (nSPS) is 14.3. The number of nitrogens with zero attached hydrogens (tertiary/aromatic N) is 3. The number of fused-ring (bicyclic) bond motifs is 1. The number of thiophene rings is 1. The highest BCUT2D eigenvalue weighted by molar-refractivity contribution is 7.22. The summed E-state index contributed by atoms with van der Waals surface area (Å²) in [5.74, 6) is -0.952. The highest BCUT2D eigenvalue weighted by Gasteiger charge is 2.35. The summed E-state index contributed by atoms with van der Waals surface area (Å²) in [7, 11) is 0. The Bertz CT molecular complexity index is 1580. The standard InChI is InChI=1S/C22H20ClN3O5S.C5H10O2/c1-12-15-18(27)26(22(2,3)20(28)29)21(30)25(10-8-13-6-4-5-7-14(13)23)19(15)32-16(12)17-24-9-11-31-17;6-5-1-3-7-4-2-5/h4-7,9,11H,8,10H2,1-3H3,(H,28,29);5-6H,1-4H2. The number of aromatic nitrogens is 3. The molecule has 1 saturated heterocycles. The maximum Gasteiger partial charge on any atom is 0.333 e. The Kier molecular flexibility index (Phi) is 8.75. The van der Waals surface area contributed by atoms with E-state index in [-0.39, 0.29) is 18.0 Å². The van der Waals surface area contributed by atoms with Gasteiger partial charge >= 0.3 is 11.7 Å². The van der Waals surface area contributed by atoms with Gasteiger partial charge in [0, 0.05) is 24.8 Å². The topological polar surface area (TPSA) is 137 Å². The summed E-state index contributed by atoms with van der Waals surface area (Å²) in [4.78, 5) is 44.0. The van der Waals surface area contributed by atoms with Gasteiger partial charge in [0.2, 0.25) is 5.89 Å². The van der Waals surface area contributed by atoms with Gasteiger partial charge in [0.05, 0.1) is 22.6 Å². The molecule has 2 N–H and O–H groups in total. The van der Waals surface area contributed by atoms with E-state index in [2.05, 4.69) is 4.98 Å². The van der Waals surface area contributed by atoms with Crippen molar-refractivity contribution in [3.05, 3.63) is 73.7 Å². The van der Waals surface area contributed by atoms with Gasteiger partial charge in [-0.1, -0.05) is 29.8 Å². The van der Waals surface area contributed by atoms with E-state index >= 15 is 0 Å². The first-order chi connectivity index (χ1) is 18.5. The molecule has 1 fully saturated rings. The summed E-state index contributed by atoms with van der Waals surface area (Å²) < 4.78 is 12.6. The van der Waals surface area contributed by atoms with Crippen molar-refractivity contribution in [3.8, 4) is 10.8 Å². The molecule has 1 aliphatic heterocycles. The van der Waals surface area contributed by atoms with E-state index in [1.54, 1.807) is 13.0 Å². The van der Waals surface area contributed by atoms with Crippen LogP contribution in [0.4, 0.5) is 0 Å². The van der Waals surface area contributed by atoms with Gasteiger partial charge < -0.3 is 19.4 Å². The number of benzene rings is 1. The van der Waals surface area contributed by atoms with Crippen molar-refractivity contribution in [3.63, 3.8) is 0 Å². The molecule has 3 aromatic heterocycles. The molecule has 4 aromatic rings. The molecule has 1 aliphatic rings. The molecule has 39 heavy (non-hydrogen) atoms. The number of oxazole rings is 1. The molecule has 10 nitrogen and oxygen atoms in total. The van der Waals surface area contributed by atoms with Crippen LogP contribution < -0.4 is 11.2 Å². The van der Waals surface area contributed by atoms with Gasteiger partial charge in [-0.3, -0.25) is 9.36 Å². The maximum atomic E-state index is 13.5. The summed E-state index contributed by atoms with van der Waals surface area (Å²) >= 11 is 7.49. The lowest BCUT2D eigenvalue weighted by Crippen LogP contribution is -2.52. The van der Waals surface area contributed by atoms with Gasteiger partial charge in [0.1, 0.15) is 16.6 Å². The smallest absolute Gasteiger partial charge is 0.333 e. The molecule has 5 rings (SSSR count). The van der Waals surface area contributed by atoms with Gasteiger partial charge in [0.25, 0.3) is 5.56 Å².